The minimum Gasteiger partial charge on any atom is -0.495 e. The van der Waals surface area contributed by atoms with E-state index in [1.807, 2.05) is 48.5 Å². The van der Waals surface area contributed by atoms with E-state index in [1.165, 1.54) is 11.8 Å². The van der Waals surface area contributed by atoms with E-state index in [9.17, 15) is 4.79 Å². The van der Waals surface area contributed by atoms with Crippen LogP contribution >= 0.6 is 56.9 Å². The molecule has 1 amide bonds. The predicted molar refractivity (Wildman–Crippen MR) is 130 cm³/mol. The molecule has 0 unspecified atom stereocenters. The van der Waals surface area contributed by atoms with Crippen LogP contribution in [0.1, 0.15) is 18.9 Å². The number of amides is 1. The molecule has 2 aromatic carbocycles. The van der Waals surface area contributed by atoms with Crippen LogP contribution in [0, 0.1) is 7.14 Å². The molecule has 0 saturated carbocycles. The number of methoxy groups -OCH3 is 1. The summed E-state index contributed by atoms with van der Waals surface area (Å²) in [6, 6.07) is 13.8. The molecule has 1 heterocycles. The number of carbonyl (C=O) groups is 1. The number of rotatable bonds is 5. The third-order valence-electron chi connectivity index (χ3n) is 3.84. The monoisotopic (exact) mass is 604 g/mol. The van der Waals surface area contributed by atoms with E-state index >= 15 is 0 Å². The van der Waals surface area contributed by atoms with Crippen molar-refractivity contribution in [3.05, 3.63) is 60.1 Å². The zero-order valence-electron chi connectivity index (χ0n) is 14.9. The molecule has 1 aliphatic heterocycles. The van der Waals surface area contributed by atoms with Crippen molar-refractivity contribution in [1.82, 2.24) is 4.90 Å². The Balaban J connectivity index is 1.96. The Morgan fingerprint density at radius 1 is 1.19 bits per heavy atom. The standard InChI is InChI=1S/C20H18I2N2O2S/c1-3-9-24-19(25)17(27-20(24)23-14-7-5-4-6-8-14)12-13-10-15(21)18(26-2)16(22)11-13/h4-8,10-12H,3,9H2,1-2H3/b17-12+,23-20?. The molecular weight excluding hydrogens is 586 g/mol. The largest absolute Gasteiger partial charge is 0.495 e. The minimum atomic E-state index is 0.0114. The molecule has 3 rings (SSSR count). The predicted octanol–water partition coefficient (Wildman–Crippen LogP) is 5.92. The number of ether oxygens (including phenoxy) is 1. The van der Waals surface area contributed by atoms with Crippen molar-refractivity contribution in [2.24, 2.45) is 4.99 Å². The zero-order chi connectivity index (χ0) is 19.4. The Labute approximate surface area is 190 Å². The van der Waals surface area contributed by atoms with Crippen LogP contribution in [-0.4, -0.2) is 29.6 Å². The molecule has 0 bridgehead atoms. The number of thioether (sulfide) groups is 1. The summed E-state index contributed by atoms with van der Waals surface area (Å²) < 4.78 is 7.46. The highest BCUT2D eigenvalue weighted by atomic mass is 127. The Kier molecular flexibility index (Phi) is 7.21. The maximum atomic E-state index is 12.9. The highest BCUT2D eigenvalue weighted by Crippen LogP contribution is 2.36. The molecule has 0 radical (unpaired) electrons. The quantitative estimate of drug-likeness (QED) is 0.315. The second kappa shape index (κ2) is 9.42. The van der Waals surface area contributed by atoms with E-state index in [4.69, 9.17) is 4.74 Å². The lowest BCUT2D eigenvalue weighted by Crippen LogP contribution is -2.29. The lowest BCUT2D eigenvalue weighted by atomic mass is 10.2. The molecule has 1 fully saturated rings. The fraction of sp³-hybridized carbons (Fsp3) is 0.200. The zero-order valence-corrected chi connectivity index (χ0v) is 20.0. The molecule has 0 spiro atoms. The van der Waals surface area contributed by atoms with Gasteiger partial charge in [-0.15, -0.1) is 0 Å². The van der Waals surface area contributed by atoms with Crippen LogP contribution < -0.4 is 4.74 Å². The Morgan fingerprint density at radius 3 is 2.44 bits per heavy atom. The van der Waals surface area contributed by atoms with Gasteiger partial charge in [0.15, 0.2) is 5.17 Å². The summed E-state index contributed by atoms with van der Waals surface area (Å²) in [4.78, 5) is 20.1. The number of amidine groups is 1. The number of carbonyl (C=O) groups excluding carboxylic acids is 1. The molecule has 0 aliphatic carbocycles. The summed E-state index contributed by atoms with van der Waals surface area (Å²) in [5.74, 6) is 0.875. The first-order valence-corrected chi connectivity index (χ1v) is 11.4. The molecule has 1 saturated heterocycles. The molecule has 0 N–H and O–H groups in total. The number of aliphatic imine (C=N–C) groups is 1. The van der Waals surface area contributed by atoms with Gasteiger partial charge in [0.2, 0.25) is 0 Å². The summed E-state index contributed by atoms with van der Waals surface area (Å²) in [6.07, 6.45) is 2.82. The minimum absolute atomic E-state index is 0.0114. The number of hydrogen-bond donors (Lipinski definition) is 0. The SMILES string of the molecule is CCCN1C(=O)/C(=C\c2cc(I)c(OC)c(I)c2)SC1=Nc1ccccc1. The number of halogens is 2. The first-order chi connectivity index (χ1) is 13.0. The molecule has 140 valence electrons. The average molecular weight is 604 g/mol. The second-order valence-corrected chi connectivity index (χ2v) is 9.15. The van der Waals surface area contributed by atoms with Gasteiger partial charge in [-0.05, 0) is 99.3 Å². The summed E-state index contributed by atoms with van der Waals surface area (Å²) in [6.45, 7) is 2.72. The van der Waals surface area contributed by atoms with Crippen LogP contribution in [0.15, 0.2) is 52.4 Å². The van der Waals surface area contributed by atoms with E-state index in [2.05, 4.69) is 57.1 Å². The summed E-state index contributed by atoms with van der Waals surface area (Å²) >= 11 is 5.94. The molecular formula is C20H18I2N2O2S. The molecule has 4 nitrogen and oxygen atoms in total. The molecule has 0 atom stereocenters. The van der Waals surface area contributed by atoms with Crippen LogP contribution in [0.25, 0.3) is 6.08 Å². The van der Waals surface area contributed by atoms with Gasteiger partial charge in [-0.25, -0.2) is 4.99 Å². The van der Waals surface area contributed by atoms with Gasteiger partial charge in [0, 0.05) is 6.54 Å². The summed E-state index contributed by atoms with van der Waals surface area (Å²) in [5.41, 5.74) is 1.83. The molecule has 1 aliphatic rings. The van der Waals surface area contributed by atoms with Crippen molar-refractivity contribution in [3.8, 4) is 5.75 Å². The Bertz CT molecular complexity index is 890. The van der Waals surface area contributed by atoms with Crippen molar-refractivity contribution in [2.75, 3.05) is 13.7 Å². The molecule has 2 aromatic rings. The summed E-state index contributed by atoms with van der Waals surface area (Å²) in [5, 5.41) is 0.734. The van der Waals surface area contributed by atoms with Crippen molar-refractivity contribution in [1.29, 1.82) is 0 Å². The van der Waals surface area contributed by atoms with Crippen LogP contribution in [0.3, 0.4) is 0 Å². The third-order valence-corrected chi connectivity index (χ3v) is 6.45. The van der Waals surface area contributed by atoms with Crippen molar-refractivity contribution >= 4 is 79.8 Å². The van der Waals surface area contributed by atoms with Gasteiger partial charge < -0.3 is 4.74 Å². The Morgan fingerprint density at radius 2 is 1.85 bits per heavy atom. The Hall–Kier alpha value is -1.07. The van der Waals surface area contributed by atoms with E-state index in [1.54, 1.807) is 12.0 Å². The lowest BCUT2D eigenvalue weighted by Gasteiger charge is -2.13. The van der Waals surface area contributed by atoms with E-state index in [0.29, 0.717) is 11.4 Å². The van der Waals surface area contributed by atoms with Gasteiger partial charge >= 0.3 is 0 Å². The fourth-order valence-electron chi connectivity index (χ4n) is 2.63. The van der Waals surface area contributed by atoms with Gasteiger partial charge in [0.05, 0.1) is 24.8 Å². The van der Waals surface area contributed by atoms with Crippen LogP contribution in [0.5, 0.6) is 5.75 Å². The molecule has 27 heavy (non-hydrogen) atoms. The highest BCUT2D eigenvalue weighted by Gasteiger charge is 2.32. The third kappa shape index (κ3) is 4.86. The molecule has 7 heteroatoms. The average Bonchev–Trinajstić information content (AvgIpc) is 2.91. The van der Waals surface area contributed by atoms with Crippen molar-refractivity contribution < 1.29 is 9.53 Å². The van der Waals surface area contributed by atoms with Gasteiger partial charge in [0.1, 0.15) is 5.75 Å². The first-order valence-electron chi connectivity index (χ1n) is 8.41. The van der Waals surface area contributed by atoms with E-state index < -0.39 is 0 Å². The summed E-state index contributed by atoms with van der Waals surface area (Å²) in [7, 11) is 1.67. The normalized spacial score (nSPS) is 17.2. The number of para-hydroxylation sites is 1. The van der Waals surface area contributed by atoms with Crippen LogP contribution in [-0.2, 0) is 4.79 Å². The fourth-order valence-corrected chi connectivity index (χ4v) is 5.92. The van der Waals surface area contributed by atoms with E-state index in [-0.39, 0.29) is 5.91 Å². The number of nitrogens with zero attached hydrogens (tertiary/aromatic N) is 2. The van der Waals surface area contributed by atoms with Crippen LogP contribution in [0.2, 0.25) is 0 Å². The van der Waals surface area contributed by atoms with Gasteiger partial charge in [-0.1, -0.05) is 25.1 Å². The number of benzene rings is 2. The first kappa shape index (κ1) is 20.7. The van der Waals surface area contributed by atoms with Crippen LogP contribution in [0.4, 0.5) is 5.69 Å². The molecule has 0 aromatic heterocycles. The maximum Gasteiger partial charge on any atom is 0.266 e. The lowest BCUT2D eigenvalue weighted by molar-refractivity contribution is -0.122. The van der Waals surface area contributed by atoms with Crippen molar-refractivity contribution in [3.63, 3.8) is 0 Å². The number of hydrogen-bond acceptors (Lipinski definition) is 4. The smallest absolute Gasteiger partial charge is 0.266 e. The highest BCUT2D eigenvalue weighted by molar-refractivity contribution is 14.1. The van der Waals surface area contributed by atoms with Gasteiger partial charge in [-0.2, -0.15) is 0 Å². The maximum absolute atomic E-state index is 12.9. The van der Waals surface area contributed by atoms with E-state index in [0.717, 1.165) is 35.7 Å². The topological polar surface area (TPSA) is 41.9 Å². The van der Waals surface area contributed by atoms with Gasteiger partial charge in [-0.3, -0.25) is 9.69 Å². The second-order valence-electron chi connectivity index (χ2n) is 5.82. The van der Waals surface area contributed by atoms with Gasteiger partial charge in [0.25, 0.3) is 5.91 Å². The van der Waals surface area contributed by atoms with Crippen molar-refractivity contribution in [2.45, 2.75) is 13.3 Å².